The minimum absolute atomic E-state index is 0.182. The first-order valence-electron chi connectivity index (χ1n) is 7.49. The van der Waals surface area contributed by atoms with Crippen LogP contribution < -0.4 is 5.32 Å². The van der Waals surface area contributed by atoms with Crippen molar-refractivity contribution in [3.05, 3.63) is 29.3 Å². The van der Waals surface area contributed by atoms with Crippen molar-refractivity contribution in [2.45, 2.75) is 34.6 Å². The molecule has 0 fully saturated rings. The molecule has 0 saturated carbocycles. The van der Waals surface area contributed by atoms with E-state index in [9.17, 15) is 14.4 Å². The molecule has 0 atom stereocenters. The molecule has 0 saturated heterocycles. The third kappa shape index (κ3) is 5.39. The minimum Gasteiger partial charge on any atom is -0.462 e. The van der Waals surface area contributed by atoms with Gasteiger partial charge in [-0.15, -0.1) is 0 Å². The summed E-state index contributed by atoms with van der Waals surface area (Å²) in [5.74, 6) is -1.36. The highest BCUT2D eigenvalue weighted by atomic mass is 16.5. The van der Waals surface area contributed by atoms with Gasteiger partial charge in [-0.2, -0.15) is 0 Å². The van der Waals surface area contributed by atoms with Gasteiger partial charge in [0.05, 0.1) is 24.3 Å². The summed E-state index contributed by atoms with van der Waals surface area (Å²) >= 11 is 0. The zero-order chi connectivity index (χ0) is 17.6. The molecule has 23 heavy (non-hydrogen) atoms. The Hall–Kier alpha value is -2.37. The van der Waals surface area contributed by atoms with Crippen molar-refractivity contribution in [3.63, 3.8) is 0 Å². The number of hydrogen-bond acceptors (Lipinski definition) is 5. The largest absolute Gasteiger partial charge is 0.462 e. The number of rotatable bonds is 5. The normalized spacial score (nSPS) is 10.8. The summed E-state index contributed by atoms with van der Waals surface area (Å²) in [7, 11) is 0. The van der Waals surface area contributed by atoms with Gasteiger partial charge in [0.25, 0.3) is 0 Å². The molecular formula is C17H23NO5. The van der Waals surface area contributed by atoms with E-state index in [-0.39, 0.29) is 30.2 Å². The Morgan fingerprint density at radius 1 is 0.913 bits per heavy atom. The molecule has 126 valence electrons. The van der Waals surface area contributed by atoms with E-state index in [1.807, 2.05) is 0 Å². The highest BCUT2D eigenvalue weighted by Crippen LogP contribution is 2.21. The molecule has 0 bridgehead atoms. The molecule has 0 spiro atoms. The van der Waals surface area contributed by atoms with Crippen LogP contribution >= 0.6 is 0 Å². The van der Waals surface area contributed by atoms with Gasteiger partial charge in [-0.05, 0) is 32.0 Å². The molecule has 1 aromatic carbocycles. The third-order valence-corrected chi connectivity index (χ3v) is 2.89. The third-order valence-electron chi connectivity index (χ3n) is 2.89. The van der Waals surface area contributed by atoms with Gasteiger partial charge in [-0.1, -0.05) is 20.8 Å². The number of carbonyl (C=O) groups is 3. The number of amides is 1. The molecule has 0 aliphatic rings. The van der Waals surface area contributed by atoms with Gasteiger partial charge in [-0.25, -0.2) is 9.59 Å². The lowest BCUT2D eigenvalue weighted by molar-refractivity contribution is -0.123. The molecule has 0 unspecified atom stereocenters. The van der Waals surface area contributed by atoms with Gasteiger partial charge >= 0.3 is 11.9 Å². The SMILES string of the molecule is CCOC(=O)c1cc(NC(=O)C(C)(C)C)cc(C(=O)OCC)c1. The molecule has 0 heterocycles. The number of anilines is 1. The van der Waals surface area contributed by atoms with Crippen molar-refractivity contribution >= 4 is 23.5 Å². The first-order valence-corrected chi connectivity index (χ1v) is 7.49. The second-order valence-corrected chi connectivity index (χ2v) is 5.94. The maximum atomic E-state index is 12.1. The van der Waals surface area contributed by atoms with Gasteiger partial charge in [0.2, 0.25) is 5.91 Å². The summed E-state index contributed by atoms with van der Waals surface area (Å²) in [6.45, 7) is 9.11. The van der Waals surface area contributed by atoms with Crippen LogP contribution in [-0.4, -0.2) is 31.1 Å². The van der Waals surface area contributed by atoms with E-state index in [4.69, 9.17) is 9.47 Å². The lowest BCUT2D eigenvalue weighted by Crippen LogP contribution is -2.27. The maximum absolute atomic E-state index is 12.1. The molecule has 1 N–H and O–H groups in total. The zero-order valence-corrected chi connectivity index (χ0v) is 14.2. The van der Waals surface area contributed by atoms with Crippen LogP contribution in [0.15, 0.2) is 18.2 Å². The Kier molecular flexibility index (Phi) is 6.30. The number of esters is 2. The summed E-state index contributed by atoms with van der Waals surface area (Å²) in [6, 6.07) is 4.34. The van der Waals surface area contributed by atoms with Crippen LogP contribution in [0.3, 0.4) is 0 Å². The highest BCUT2D eigenvalue weighted by Gasteiger charge is 2.22. The van der Waals surface area contributed by atoms with Crippen LogP contribution in [0.25, 0.3) is 0 Å². The number of ether oxygens (including phenoxy) is 2. The maximum Gasteiger partial charge on any atom is 0.338 e. The Labute approximate surface area is 136 Å². The molecule has 6 nitrogen and oxygen atoms in total. The molecule has 1 amide bonds. The topological polar surface area (TPSA) is 81.7 Å². The fourth-order valence-electron chi connectivity index (χ4n) is 1.68. The highest BCUT2D eigenvalue weighted by molar-refractivity contribution is 6.00. The van der Waals surface area contributed by atoms with Crippen LogP contribution in [0.2, 0.25) is 0 Å². The van der Waals surface area contributed by atoms with Gasteiger partial charge in [0.1, 0.15) is 0 Å². The quantitative estimate of drug-likeness (QED) is 0.843. The van der Waals surface area contributed by atoms with Crippen molar-refractivity contribution in [2.24, 2.45) is 5.41 Å². The number of hydrogen-bond donors (Lipinski definition) is 1. The molecule has 6 heteroatoms. The minimum atomic E-state index is -0.607. The van der Waals surface area contributed by atoms with Crippen LogP contribution in [-0.2, 0) is 14.3 Å². The second-order valence-electron chi connectivity index (χ2n) is 5.94. The Balaban J connectivity index is 3.20. The standard InChI is InChI=1S/C17H23NO5/c1-6-22-14(19)11-8-12(15(20)23-7-2)10-13(9-11)18-16(21)17(3,4)5/h8-10H,6-7H2,1-5H3,(H,18,21). The average Bonchev–Trinajstić information content (AvgIpc) is 2.46. The molecule has 0 radical (unpaired) electrons. The first kappa shape index (κ1) is 18.7. The molecule has 1 rings (SSSR count). The number of carbonyl (C=O) groups excluding carboxylic acids is 3. The van der Waals surface area contributed by atoms with Crippen molar-refractivity contribution in [1.82, 2.24) is 0 Å². The van der Waals surface area contributed by atoms with Gasteiger partial charge in [0.15, 0.2) is 0 Å². The van der Waals surface area contributed by atoms with Gasteiger partial charge < -0.3 is 14.8 Å². The molecule has 1 aromatic rings. The van der Waals surface area contributed by atoms with E-state index in [2.05, 4.69) is 5.32 Å². The molecular weight excluding hydrogens is 298 g/mol. The van der Waals surface area contributed by atoms with E-state index in [0.717, 1.165) is 0 Å². The predicted molar refractivity (Wildman–Crippen MR) is 86.4 cm³/mol. The number of nitrogens with one attached hydrogen (secondary N) is 1. The summed E-state index contributed by atoms with van der Waals surface area (Å²) in [4.78, 5) is 36.0. The van der Waals surface area contributed by atoms with E-state index < -0.39 is 17.4 Å². The summed E-state index contributed by atoms with van der Waals surface area (Å²) in [6.07, 6.45) is 0. The average molecular weight is 321 g/mol. The van der Waals surface area contributed by atoms with Crippen molar-refractivity contribution < 1.29 is 23.9 Å². The molecule has 0 aliphatic carbocycles. The van der Waals surface area contributed by atoms with Crippen molar-refractivity contribution in [3.8, 4) is 0 Å². The van der Waals surface area contributed by atoms with E-state index in [0.29, 0.717) is 5.69 Å². The Morgan fingerprint density at radius 2 is 1.35 bits per heavy atom. The summed E-state index contributed by atoms with van der Waals surface area (Å²) in [5.41, 5.74) is 0.103. The summed E-state index contributed by atoms with van der Waals surface area (Å²) < 4.78 is 9.89. The smallest absolute Gasteiger partial charge is 0.338 e. The monoisotopic (exact) mass is 321 g/mol. The Morgan fingerprint density at radius 3 is 1.70 bits per heavy atom. The van der Waals surface area contributed by atoms with Crippen molar-refractivity contribution in [1.29, 1.82) is 0 Å². The molecule has 0 aromatic heterocycles. The Bertz CT molecular complexity index is 565. The predicted octanol–water partition coefficient (Wildman–Crippen LogP) is 3.02. The van der Waals surface area contributed by atoms with Gasteiger partial charge in [0, 0.05) is 11.1 Å². The fourth-order valence-corrected chi connectivity index (χ4v) is 1.68. The van der Waals surface area contributed by atoms with Crippen molar-refractivity contribution in [2.75, 3.05) is 18.5 Å². The fraction of sp³-hybridized carbons (Fsp3) is 0.471. The van der Waals surface area contributed by atoms with Gasteiger partial charge in [-0.3, -0.25) is 4.79 Å². The van der Waals surface area contributed by atoms with Crippen LogP contribution in [0.5, 0.6) is 0 Å². The lowest BCUT2D eigenvalue weighted by Gasteiger charge is -2.18. The van der Waals surface area contributed by atoms with Crippen LogP contribution in [0.1, 0.15) is 55.3 Å². The lowest BCUT2D eigenvalue weighted by atomic mass is 9.95. The summed E-state index contributed by atoms with van der Waals surface area (Å²) in [5, 5.41) is 2.70. The zero-order valence-electron chi connectivity index (χ0n) is 14.2. The van der Waals surface area contributed by atoms with Crippen LogP contribution in [0.4, 0.5) is 5.69 Å². The molecule has 0 aliphatic heterocycles. The van der Waals surface area contributed by atoms with E-state index in [1.54, 1.807) is 34.6 Å². The second kappa shape index (κ2) is 7.76. The first-order chi connectivity index (χ1) is 10.7. The van der Waals surface area contributed by atoms with E-state index >= 15 is 0 Å². The van der Waals surface area contributed by atoms with E-state index in [1.165, 1.54) is 18.2 Å². The number of benzene rings is 1. The van der Waals surface area contributed by atoms with Crippen LogP contribution in [0, 0.1) is 5.41 Å².